The zero-order valence-corrected chi connectivity index (χ0v) is 10.2. The summed E-state index contributed by atoms with van der Waals surface area (Å²) in [6.45, 7) is 1.98. The van der Waals surface area contributed by atoms with Gasteiger partial charge in [0.15, 0.2) is 0 Å². The van der Waals surface area contributed by atoms with Gasteiger partial charge in [-0.1, -0.05) is 11.6 Å². The number of aromatic nitrogens is 2. The molecule has 18 heavy (non-hydrogen) atoms. The van der Waals surface area contributed by atoms with E-state index in [0.717, 1.165) is 22.6 Å². The van der Waals surface area contributed by atoms with E-state index >= 15 is 0 Å². The number of carboxylic acids is 1. The summed E-state index contributed by atoms with van der Waals surface area (Å²) in [4.78, 5) is 17.6. The fourth-order valence-corrected chi connectivity index (χ4v) is 1.76. The second-order valence-corrected chi connectivity index (χ2v) is 4.02. The second-order valence-electron chi connectivity index (χ2n) is 4.02. The van der Waals surface area contributed by atoms with Crippen molar-refractivity contribution >= 4 is 5.97 Å². The lowest BCUT2D eigenvalue weighted by molar-refractivity contribution is -0.136. The Balaban J connectivity index is 2.38. The number of H-pyrrole nitrogens is 1. The van der Waals surface area contributed by atoms with Gasteiger partial charge in [-0.15, -0.1) is 0 Å². The van der Waals surface area contributed by atoms with Crippen LogP contribution in [0.2, 0.25) is 0 Å². The predicted molar refractivity (Wildman–Crippen MR) is 66.7 cm³/mol. The molecule has 0 amide bonds. The van der Waals surface area contributed by atoms with Gasteiger partial charge in [-0.25, -0.2) is 4.98 Å². The van der Waals surface area contributed by atoms with Crippen LogP contribution in [0.1, 0.15) is 11.4 Å². The molecule has 1 heterocycles. The third-order valence-electron chi connectivity index (χ3n) is 2.59. The number of carboxylic acid groups (broad SMARTS) is 1. The lowest BCUT2D eigenvalue weighted by Crippen LogP contribution is -2.01. The van der Waals surface area contributed by atoms with E-state index in [4.69, 9.17) is 9.84 Å². The smallest absolute Gasteiger partial charge is 0.311 e. The number of hydrogen-bond donors (Lipinski definition) is 2. The maximum absolute atomic E-state index is 10.6. The van der Waals surface area contributed by atoms with Crippen molar-refractivity contribution in [2.24, 2.45) is 0 Å². The molecule has 0 saturated heterocycles. The third kappa shape index (κ3) is 2.51. The third-order valence-corrected chi connectivity index (χ3v) is 2.59. The largest absolute Gasteiger partial charge is 0.496 e. The Hall–Kier alpha value is -2.30. The van der Waals surface area contributed by atoms with Crippen LogP contribution in [0.3, 0.4) is 0 Å². The van der Waals surface area contributed by atoms with Gasteiger partial charge in [-0.05, 0) is 19.1 Å². The molecule has 2 N–H and O–H groups in total. The number of benzene rings is 1. The topological polar surface area (TPSA) is 75.2 Å². The van der Waals surface area contributed by atoms with Crippen LogP contribution in [0.25, 0.3) is 11.3 Å². The van der Waals surface area contributed by atoms with E-state index < -0.39 is 5.97 Å². The zero-order chi connectivity index (χ0) is 13.1. The van der Waals surface area contributed by atoms with Crippen LogP contribution in [0, 0.1) is 6.92 Å². The number of methoxy groups -OCH3 is 1. The highest BCUT2D eigenvalue weighted by atomic mass is 16.5. The standard InChI is InChI=1S/C13H14N2O3/c1-8-3-4-11(18-2)9(5-8)10-7-14-12(15-10)6-13(16)17/h3-5,7H,6H2,1-2H3,(H,14,15)(H,16,17). The molecule has 0 saturated carbocycles. The molecule has 5 heteroatoms. The molecule has 94 valence electrons. The molecule has 1 aromatic carbocycles. The van der Waals surface area contributed by atoms with Gasteiger partial charge in [0, 0.05) is 5.56 Å². The van der Waals surface area contributed by atoms with Crippen LogP contribution in [-0.4, -0.2) is 28.2 Å². The molecule has 0 spiro atoms. The van der Waals surface area contributed by atoms with Crippen molar-refractivity contribution in [3.8, 4) is 17.0 Å². The summed E-state index contributed by atoms with van der Waals surface area (Å²) in [6, 6.07) is 5.80. The van der Waals surface area contributed by atoms with Gasteiger partial charge in [0.2, 0.25) is 0 Å². The molecule has 5 nitrogen and oxygen atoms in total. The highest BCUT2D eigenvalue weighted by molar-refractivity contribution is 5.71. The van der Waals surface area contributed by atoms with Crippen LogP contribution in [0.4, 0.5) is 0 Å². The molecule has 2 rings (SSSR count). The normalized spacial score (nSPS) is 10.3. The number of rotatable bonds is 4. The van der Waals surface area contributed by atoms with Crippen molar-refractivity contribution in [2.75, 3.05) is 7.11 Å². The summed E-state index contributed by atoms with van der Waals surface area (Å²) in [5.74, 6) is 0.249. The SMILES string of the molecule is COc1ccc(C)cc1-c1cnc(CC(=O)O)[nH]1. The van der Waals surface area contributed by atoms with Crippen molar-refractivity contribution < 1.29 is 14.6 Å². The number of aliphatic carboxylic acids is 1. The number of hydrogen-bond acceptors (Lipinski definition) is 3. The fourth-order valence-electron chi connectivity index (χ4n) is 1.76. The molecule has 0 unspecified atom stereocenters. The summed E-state index contributed by atoms with van der Waals surface area (Å²) in [5, 5.41) is 8.71. The zero-order valence-electron chi connectivity index (χ0n) is 10.2. The van der Waals surface area contributed by atoms with E-state index in [1.165, 1.54) is 0 Å². The first kappa shape index (κ1) is 12.2. The van der Waals surface area contributed by atoms with Gasteiger partial charge >= 0.3 is 5.97 Å². The number of imidazole rings is 1. The Kier molecular flexibility index (Phi) is 3.32. The number of nitrogens with zero attached hydrogens (tertiary/aromatic N) is 1. The van der Waals surface area contributed by atoms with Gasteiger partial charge < -0.3 is 14.8 Å². The molecule has 0 bridgehead atoms. The van der Waals surface area contributed by atoms with Crippen molar-refractivity contribution in [1.29, 1.82) is 0 Å². The van der Waals surface area contributed by atoms with Crippen LogP contribution in [0.15, 0.2) is 24.4 Å². The first-order valence-electron chi connectivity index (χ1n) is 5.51. The van der Waals surface area contributed by atoms with Crippen molar-refractivity contribution in [3.05, 3.63) is 35.8 Å². The molecular weight excluding hydrogens is 232 g/mol. The number of ether oxygens (including phenoxy) is 1. The first-order valence-corrected chi connectivity index (χ1v) is 5.51. The van der Waals surface area contributed by atoms with E-state index in [2.05, 4.69) is 9.97 Å². The summed E-state index contributed by atoms with van der Waals surface area (Å²) >= 11 is 0. The van der Waals surface area contributed by atoms with Gasteiger partial charge in [-0.2, -0.15) is 0 Å². The summed E-state index contributed by atoms with van der Waals surface area (Å²) in [6.07, 6.45) is 1.50. The van der Waals surface area contributed by atoms with Gasteiger partial charge in [0.25, 0.3) is 0 Å². The minimum Gasteiger partial charge on any atom is -0.496 e. The van der Waals surface area contributed by atoms with Crippen molar-refractivity contribution in [1.82, 2.24) is 9.97 Å². The van der Waals surface area contributed by atoms with Crippen LogP contribution < -0.4 is 4.74 Å². The molecule has 0 aliphatic heterocycles. The summed E-state index contributed by atoms with van der Waals surface area (Å²) in [7, 11) is 1.60. The Bertz CT molecular complexity index is 575. The molecule has 0 aliphatic rings. The summed E-state index contributed by atoms with van der Waals surface area (Å²) in [5.41, 5.74) is 2.73. The molecule has 0 atom stereocenters. The Labute approximate surface area is 104 Å². The lowest BCUT2D eigenvalue weighted by atomic mass is 10.1. The van der Waals surface area contributed by atoms with E-state index in [1.807, 2.05) is 25.1 Å². The van der Waals surface area contributed by atoms with E-state index in [0.29, 0.717) is 5.82 Å². The van der Waals surface area contributed by atoms with Crippen LogP contribution in [0.5, 0.6) is 5.75 Å². The Morgan fingerprint density at radius 3 is 2.94 bits per heavy atom. The number of carbonyl (C=O) groups is 1. The summed E-state index contributed by atoms with van der Waals surface area (Å²) < 4.78 is 5.28. The van der Waals surface area contributed by atoms with Gasteiger partial charge in [0.1, 0.15) is 18.0 Å². The molecule has 2 aromatic rings. The quantitative estimate of drug-likeness (QED) is 0.865. The highest BCUT2D eigenvalue weighted by Crippen LogP contribution is 2.29. The monoisotopic (exact) mass is 246 g/mol. The highest BCUT2D eigenvalue weighted by Gasteiger charge is 2.10. The minimum absolute atomic E-state index is 0.117. The fraction of sp³-hybridized carbons (Fsp3) is 0.231. The second kappa shape index (κ2) is 4.91. The molecule has 1 aromatic heterocycles. The number of aromatic amines is 1. The maximum Gasteiger partial charge on any atom is 0.311 e. The number of aryl methyl sites for hydroxylation is 1. The number of nitrogens with one attached hydrogen (secondary N) is 1. The average Bonchev–Trinajstić information content (AvgIpc) is 2.76. The van der Waals surface area contributed by atoms with Crippen molar-refractivity contribution in [3.63, 3.8) is 0 Å². The van der Waals surface area contributed by atoms with E-state index in [-0.39, 0.29) is 6.42 Å². The molecule has 0 fully saturated rings. The van der Waals surface area contributed by atoms with Crippen molar-refractivity contribution in [2.45, 2.75) is 13.3 Å². The maximum atomic E-state index is 10.6. The van der Waals surface area contributed by atoms with Gasteiger partial charge in [0.05, 0.1) is 19.0 Å². The minimum atomic E-state index is -0.910. The van der Waals surface area contributed by atoms with E-state index in [1.54, 1.807) is 13.3 Å². The molecule has 0 radical (unpaired) electrons. The predicted octanol–water partition coefficient (Wildman–Crippen LogP) is 2.02. The van der Waals surface area contributed by atoms with E-state index in [9.17, 15) is 4.79 Å². The Morgan fingerprint density at radius 1 is 1.50 bits per heavy atom. The average molecular weight is 246 g/mol. The van der Waals surface area contributed by atoms with Crippen LogP contribution >= 0.6 is 0 Å². The molecular formula is C13H14N2O3. The Morgan fingerprint density at radius 2 is 2.28 bits per heavy atom. The van der Waals surface area contributed by atoms with Gasteiger partial charge in [-0.3, -0.25) is 4.79 Å². The molecule has 0 aliphatic carbocycles. The van der Waals surface area contributed by atoms with Crippen LogP contribution in [-0.2, 0) is 11.2 Å². The first-order chi connectivity index (χ1) is 8.60. The lowest BCUT2D eigenvalue weighted by Gasteiger charge is -2.07.